The second kappa shape index (κ2) is 2.99. The summed E-state index contributed by atoms with van der Waals surface area (Å²) in [5.74, 6) is 0. The highest BCUT2D eigenvalue weighted by molar-refractivity contribution is 6.72. The minimum Gasteiger partial charge on any atom is -0.386 e. The van der Waals surface area contributed by atoms with Crippen LogP contribution in [0.3, 0.4) is 0 Å². The number of hydrogen-bond acceptors (Lipinski definition) is 3. The van der Waals surface area contributed by atoms with E-state index in [9.17, 15) is 0 Å². The van der Waals surface area contributed by atoms with Crippen molar-refractivity contribution in [1.29, 1.82) is 0 Å². The fourth-order valence-electron chi connectivity index (χ4n) is 1.11. The van der Waals surface area contributed by atoms with Gasteiger partial charge in [-0.2, -0.15) is 0 Å². The quantitative estimate of drug-likeness (QED) is 0.512. The molecule has 4 heteroatoms. The molecule has 0 aliphatic carbocycles. The first-order valence-corrected chi connectivity index (χ1v) is 5.51. The Hall–Kier alpha value is -0.683. The molecule has 66 valence electrons. The zero-order chi connectivity index (χ0) is 9.35. The van der Waals surface area contributed by atoms with Gasteiger partial charge in [0.1, 0.15) is 0 Å². The molecule has 0 bridgehead atoms. The third-order valence-corrected chi connectivity index (χ3v) is 3.23. The molecule has 3 N–H and O–H groups in total. The van der Waals surface area contributed by atoms with Crippen LogP contribution in [0.25, 0.3) is 0 Å². The van der Waals surface area contributed by atoms with Gasteiger partial charge < -0.3 is 14.4 Å². The fourth-order valence-corrected chi connectivity index (χ4v) is 2.13. The van der Waals surface area contributed by atoms with Crippen LogP contribution < -0.4 is 5.19 Å². The molecular weight excluding hydrogens is 172 g/mol. The SMILES string of the molecule is Cc1cccc([Si](O)(O)O)c1C. The van der Waals surface area contributed by atoms with Gasteiger partial charge in [-0.1, -0.05) is 18.2 Å². The molecule has 0 saturated carbocycles. The molecule has 0 aliphatic heterocycles. The predicted molar refractivity (Wildman–Crippen MR) is 48.0 cm³/mol. The largest absolute Gasteiger partial charge is 0.529 e. The minimum absolute atomic E-state index is 0.266. The van der Waals surface area contributed by atoms with Crippen molar-refractivity contribution in [2.75, 3.05) is 0 Å². The molecule has 0 fully saturated rings. The molecule has 0 saturated heterocycles. The number of aryl methyl sites for hydroxylation is 1. The van der Waals surface area contributed by atoms with Crippen LogP contribution in [0, 0.1) is 13.8 Å². The lowest BCUT2D eigenvalue weighted by Gasteiger charge is -2.13. The molecule has 0 aliphatic rings. The van der Waals surface area contributed by atoms with E-state index in [1.807, 2.05) is 13.0 Å². The number of hydrogen-bond donors (Lipinski definition) is 3. The van der Waals surface area contributed by atoms with E-state index >= 15 is 0 Å². The fraction of sp³-hybridized carbons (Fsp3) is 0.250. The van der Waals surface area contributed by atoms with Crippen molar-refractivity contribution in [2.45, 2.75) is 13.8 Å². The van der Waals surface area contributed by atoms with E-state index < -0.39 is 8.80 Å². The van der Waals surface area contributed by atoms with Crippen LogP contribution in [-0.4, -0.2) is 23.2 Å². The summed E-state index contributed by atoms with van der Waals surface area (Å²) in [5, 5.41) is 0.266. The molecule has 1 rings (SSSR count). The average Bonchev–Trinajstić information content (AvgIpc) is 1.92. The maximum absolute atomic E-state index is 9.04. The van der Waals surface area contributed by atoms with E-state index in [1.54, 1.807) is 13.0 Å². The van der Waals surface area contributed by atoms with Crippen molar-refractivity contribution in [2.24, 2.45) is 0 Å². The van der Waals surface area contributed by atoms with Crippen LogP contribution >= 0.6 is 0 Å². The lowest BCUT2D eigenvalue weighted by molar-refractivity contribution is 0.249. The van der Waals surface area contributed by atoms with Crippen LogP contribution in [0.5, 0.6) is 0 Å². The standard InChI is InChI=1S/C8H12O3Si/c1-6-4-3-5-8(7(6)2)12(9,10)11/h3-5,9-11H,1-2H3. The van der Waals surface area contributed by atoms with Crippen LogP contribution in [-0.2, 0) is 0 Å². The first-order chi connectivity index (χ1) is 5.43. The predicted octanol–water partition coefficient (Wildman–Crippen LogP) is -0.574. The van der Waals surface area contributed by atoms with Crippen LogP contribution in [0.1, 0.15) is 11.1 Å². The Morgan fingerprint density at radius 3 is 2.08 bits per heavy atom. The van der Waals surface area contributed by atoms with Gasteiger partial charge in [-0.25, -0.2) is 0 Å². The van der Waals surface area contributed by atoms with Crippen LogP contribution in [0.15, 0.2) is 18.2 Å². The van der Waals surface area contributed by atoms with E-state index in [4.69, 9.17) is 14.4 Å². The van der Waals surface area contributed by atoms with Crippen molar-refractivity contribution >= 4 is 14.0 Å². The van der Waals surface area contributed by atoms with Gasteiger partial charge in [0.05, 0.1) is 0 Å². The molecule has 1 aromatic carbocycles. The Labute approximate surface area is 72.3 Å². The van der Waals surface area contributed by atoms with Gasteiger partial charge >= 0.3 is 8.80 Å². The zero-order valence-electron chi connectivity index (χ0n) is 7.07. The molecule has 1 aromatic rings. The third-order valence-electron chi connectivity index (χ3n) is 1.97. The molecule has 0 amide bonds. The molecule has 0 unspecified atom stereocenters. The Morgan fingerprint density at radius 2 is 1.67 bits per heavy atom. The lowest BCUT2D eigenvalue weighted by Crippen LogP contribution is -2.50. The normalized spacial score (nSPS) is 11.8. The van der Waals surface area contributed by atoms with Crippen LogP contribution in [0.4, 0.5) is 0 Å². The summed E-state index contributed by atoms with van der Waals surface area (Å²) in [7, 11) is -4.11. The smallest absolute Gasteiger partial charge is 0.386 e. The molecule has 0 heterocycles. The van der Waals surface area contributed by atoms with Gasteiger partial charge in [0.25, 0.3) is 0 Å². The lowest BCUT2D eigenvalue weighted by atomic mass is 10.1. The Morgan fingerprint density at radius 1 is 1.08 bits per heavy atom. The van der Waals surface area contributed by atoms with Crippen molar-refractivity contribution < 1.29 is 14.4 Å². The molecular formula is C8H12O3Si. The van der Waals surface area contributed by atoms with E-state index in [0.29, 0.717) is 0 Å². The van der Waals surface area contributed by atoms with Crippen molar-refractivity contribution in [3.63, 3.8) is 0 Å². The number of benzene rings is 1. The molecule has 0 aromatic heterocycles. The summed E-state index contributed by atoms with van der Waals surface area (Å²) >= 11 is 0. The van der Waals surface area contributed by atoms with Gasteiger partial charge in [-0.05, 0) is 25.0 Å². The molecule has 0 atom stereocenters. The minimum atomic E-state index is -4.11. The summed E-state index contributed by atoms with van der Waals surface area (Å²) in [4.78, 5) is 27.1. The molecule has 12 heavy (non-hydrogen) atoms. The summed E-state index contributed by atoms with van der Waals surface area (Å²) < 4.78 is 0. The van der Waals surface area contributed by atoms with E-state index in [2.05, 4.69) is 0 Å². The van der Waals surface area contributed by atoms with E-state index in [-0.39, 0.29) is 5.19 Å². The highest BCUT2D eigenvalue weighted by atomic mass is 28.4. The van der Waals surface area contributed by atoms with E-state index in [0.717, 1.165) is 11.1 Å². The third kappa shape index (κ3) is 1.73. The molecule has 0 radical (unpaired) electrons. The van der Waals surface area contributed by atoms with Crippen molar-refractivity contribution in [1.82, 2.24) is 0 Å². The highest BCUT2D eigenvalue weighted by Crippen LogP contribution is 2.05. The maximum Gasteiger partial charge on any atom is 0.529 e. The van der Waals surface area contributed by atoms with Gasteiger partial charge in [0, 0.05) is 5.19 Å². The van der Waals surface area contributed by atoms with Crippen molar-refractivity contribution in [3.8, 4) is 0 Å². The molecule has 0 spiro atoms. The maximum atomic E-state index is 9.04. The second-order valence-corrected chi connectivity index (χ2v) is 4.69. The average molecular weight is 184 g/mol. The summed E-state index contributed by atoms with van der Waals surface area (Å²) in [5.41, 5.74) is 1.69. The van der Waals surface area contributed by atoms with Gasteiger partial charge in [0.15, 0.2) is 0 Å². The topological polar surface area (TPSA) is 60.7 Å². The summed E-state index contributed by atoms with van der Waals surface area (Å²) in [6.45, 7) is 3.62. The number of rotatable bonds is 1. The van der Waals surface area contributed by atoms with Gasteiger partial charge in [0.2, 0.25) is 0 Å². The molecule has 3 nitrogen and oxygen atoms in total. The summed E-state index contributed by atoms with van der Waals surface area (Å²) in [6.07, 6.45) is 0. The Bertz CT molecular complexity index is 291. The first-order valence-electron chi connectivity index (χ1n) is 3.66. The zero-order valence-corrected chi connectivity index (χ0v) is 8.07. The van der Waals surface area contributed by atoms with Crippen LogP contribution in [0.2, 0.25) is 0 Å². The van der Waals surface area contributed by atoms with E-state index in [1.165, 1.54) is 6.07 Å². The second-order valence-electron chi connectivity index (χ2n) is 2.88. The highest BCUT2D eigenvalue weighted by Gasteiger charge is 2.32. The van der Waals surface area contributed by atoms with Gasteiger partial charge in [-0.3, -0.25) is 0 Å². The monoisotopic (exact) mass is 184 g/mol. The van der Waals surface area contributed by atoms with Gasteiger partial charge in [-0.15, -0.1) is 0 Å². The Kier molecular flexibility index (Phi) is 2.34. The Balaban J connectivity index is 3.26. The van der Waals surface area contributed by atoms with Crippen molar-refractivity contribution in [3.05, 3.63) is 29.3 Å². The summed E-state index contributed by atoms with van der Waals surface area (Å²) in [6, 6.07) is 5.09. The first kappa shape index (κ1) is 9.41.